The van der Waals surface area contributed by atoms with Crippen molar-refractivity contribution in [2.24, 2.45) is 11.8 Å². The molecule has 1 N–H and O–H groups in total. The number of hydrogen-bond acceptors (Lipinski definition) is 2. The lowest BCUT2D eigenvalue weighted by molar-refractivity contribution is 0.279. The number of piperidine rings is 1. The van der Waals surface area contributed by atoms with Gasteiger partial charge in [0.15, 0.2) is 0 Å². The average Bonchev–Trinajstić information content (AvgIpc) is 2.47. The smallest absolute Gasteiger partial charge is 0.0343 e. The summed E-state index contributed by atoms with van der Waals surface area (Å²) in [4.78, 5) is 4.31. The van der Waals surface area contributed by atoms with Crippen LogP contribution >= 0.6 is 0 Å². The highest BCUT2D eigenvalue weighted by atomic mass is 14.9. The molecule has 2 heterocycles. The van der Waals surface area contributed by atoms with E-state index in [0.717, 1.165) is 23.9 Å². The molecule has 2 unspecified atom stereocenters. The number of hydrogen-bond donors (Lipinski definition) is 1. The molecule has 0 spiro atoms. The summed E-state index contributed by atoms with van der Waals surface area (Å²) in [6.45, 7) is 6.15. The molecule has 0 aromatic carbocycles. The van der Waals surface area contributed by atoms with E-state index in [1.807, 2.05) is 18.5 Å². The predicted molar refractivity (Wildman–Crippen MR) is 76.0 cm³/mol. The van der Waals surface area contributed by atoms with Crippen molar-refractivity contribution in [3.63, 3.8) is 0 Å². The minimum Gasteiger partial charge on any atom is -0.316 e. The van der Waals surface area contributed by atoms with Gasteiger partial charge in [0.2, 0.25) is 0 Å². The SMILES string of the molecule is C=Cc1cncc(C2=CC3CNCCC3CC2)c1. The molecule has 1 saturated heterocycles. The molecule has 1 fully saturated rings. The average molecular weight is 240 g/mol. The molecule has 18 heavy (non-hydrogen) atoms. The van der Waals surface area contributed by atoms with Gasteiger partial charge in [-0.25, -0.2) is 0 Å². The van der Waals surface area contributed by atoms with E-state index >= 15 is 0 Å². The first kappa shape index (κ1) is 11.7. The van der Waals surface area contributed by atoms with Gasteiger partial charge in [-0.05, 0) is 60.4 Å². The zero-order chi connectivity index (χ0) is 12.4. The van der Waals surface area contributed by atoms with Crippen LogP contribution < -0.4 is 5.32 Å². The summed E-state index contributed by atoms with van der Waals surface area (Å²) in [6.07, 6.45) is 12.1. The standard InChI is InChI=1S/C16H20N2/c1-2-12-7-15(11-18-9-12)14-4-3-13-5-6-17-10-16(13)8-14/h2,7-9,11,13,16-17H,1,3-6,10H2. The third-order valence-electron chi connectivity index (χ3n) is 4.24. The van der Waals surface area contributed by atoms with Crippen LogP contribution in [0.3, 0.4) is 0 Å². The molecule has 1 aromatic rings. The fourth-order valence-electron chi connectivity index (χ4n) is 3.16. The molecule has 1 aliphatic carbocycles. The molecule has 3 rings (SSSR count). The van der Waals surface area contributed by atoms with Crippen LogP contribution in [0.1, 0.15) is 30.4 Å². The second kappa shape index (κ2) is 5.07. The summed E-state index contributed by atoms with van der Waals surface area (Å²) in [6, 6.07) is 2.20. The monoisotopic (exact) mass is 240 g/mol. The van der Waals surface area contributed by atoms with E-state index in [1.54, 1.807) is 0 Å². The molecular weight excluding hydrogens is 220 g/mol. The second-order valence-electron chi connectivity index (χ2n) is 5.36. The van der Waals surface area contributed by atoms with E-state index in [9.17, 15) is 0 Å². The Morgan fingerprint density at radius 1 is 1.33 bits per heavy atom. The third kappa shape index (κ3) is 2.25. The predicted octanol–water partition coefficient (Wildman–Crippen LogP) is 3.13. The second-order valence-corrected chi connectivity index (χ2v) is 5.36. The maximum Gasteiger partial charge on any atom is 0.0343 e. The quantitative estimate of drug-likeness (QED) is 0.859. The van der Waals surface area contributed by atoms with E-state index in [1.165, 1.54) is 36.9 Å². The summed E-state index contributed by atoms with van der Waals surface area (Å²) in [7, 11) is 0. The van der Waals surface area contributed by atoms with Crippen molar-refractivity contribution in [2.75, 3.05) is 13.1 Å². The van der Waals surface area contributed by atoms with Gasteiger partial charge in [-0.3, -0.25) is 4.98 Å². The Kier molecular flexibility index (Phi) is 3.28. The summed E-state index contributed by atoms with van der Waals surface area (Å²) in [5, 5.41) is 3.50. The van der Waals surface area contributed by atoms with E-state index in [0.29, 0.717) is 0 Å². The summed E-state index contributed by atoms with van der Waals surface area (Å²) in [5.74, 6) is 1.61. The Balaban J connectivity index is 1.87. The van der Waals surface area contributed by atoms with Crippen molar-refractivity contribution in [1.29, 1.82) is 0 Å². The molecule has 0 saturated carbocycles. The highest BCUT2D eigenvalue weighted by Gasteiger charge is 2.27. The van der Waals surface area contributed by atoms with Gasteiger partial charge in [0.1, 0.15) is 0 Å². The number of fused-ring (bicyclic) bond motifs is 1. The molecule has 2 aliphatic rings. The number of allylic oxidation sites excluding steroid dienone is 1. The van der Waals surface area contributed by atoms with Gasteiger partial charge in [-0.15, -0.1) is 0 Å². The van der Waals surface area contributed by atoms with Crippen LogP contribution in [0.5, 0.6) is 0 Å². The summed E-state index contributed by atoms with van der Waals surface area (Å²) >= 11 is 0. The Morgan fingerprint density at radius 3 is 3.17 bits per heavy atom. The lowest BCUT2D eigenvalue weighted by atomic mass is 9.76. The molecule has 2 atom stereocenters. The van der Waals surface area contributed by atoms with Gasteiger partial charge in [0.05, 0.1) is 0 Å². The maximum absolute atomic E-state index is 4.31. The van der Waals surface area contributed by atoms with E-state index < -0.39 is 0 Å². The highest BCUT2D eigenvalue weighted by molar-refractivity contribution is 5.68. The van der Waals surface area contributed by atoms with Crippen molar-refractivity contribution >= 4 is 11.6 Å². The van der Waals surface area contributed by atoms with Gasteiger partial charge in [-0.1, -0.05) is 18.7 Å². The first-order valence-corrected chi connectivity index (χ1v) is 6.86. The molecule has 0 bridgehead atoms. The lowest BCUT2D eigenvalue weighted by Crippen LogP contribution is -2.37. The van der Waals surface area contributed by atoms with Gasteiger partial charge >= 0.3 is 0 Å². The third-order valence-corrected chi connectivity index (χ3v) is 4.24. The Bertz CT molecular complexity index is 476. The normalized spacial score (nSPS) is 27.2. The van der Waals surface area contributed by atoms with Crippen LogP contribution in [-0.4, -0.2) is 18.1 Å². The van der Waals surface area contributed by atoms with E-state index in [2.05, 4.69) is 29.0 Å². The minimum absolute atomic E-state index is 0.717. The number of nitrogens with one attached hydrogen (secondary N) is 1. The van der Waals surface area contributed by atoms with Crippen molar-refractivity contribution in [3.8, 4) is 0 Å². The van der Waals surface area contributed by atoms with Crippen molar-refractivity contribution < 1.29 is 0 Å². The fourth-order valence-corrected chi connectivity index (χ4v) is 3.16. The lowest BCUT2D eigenvalue weighted by Gasteiger charge is -2.34. The van der Waals surface area contributed by atoms with Crippen LogP contribution in [0.15, 0.2) is 31.1 Å². The molecule has 0 amide bonds. The molecule has 2 nitrogen and oxygen atoms in total. The van der Waals surface area contributed by atoms with Gasteiger partial charge in [0.25, 0.3) is 0 Å². The maximum atomic E-state index is 4.31. The van der Waals surface area contributed by atoms with Gasteiger partial charge in [-0.2, -0.15) is 0 Å². The van der Waals surface area contributed by atoms with Crippen molar-refractivity contribution in [3.05, 3.63) is 42.2 Å². The molecule has 94 valence electrons. The van der Waals surface area contributed by atoms with Crippen LogP contribution in [-0.2, 0) is 0 Å². The van der Waals surface area contributed by atoms with Gasteiger partial charge in [0, 0.05) is 18.9 Å². The largest absolute Gasteiger partial charge is 0.316 e. The number of rotatable bonds is 2. The Morgan fingerprint density at radius 2 is 2.28 bits per heavy atom. The molecular formula is C16H20N2. The summed E-state index contributed by atoms with van der Waals surface area (Å²) in [5.41, 5.74) is 3.85. The van der Waals surface area contributed by atoms with E-state index in [4.69, 9.17) is 0 Å². The minimum atomic E-state index is 0.717. The van der Waals surface area contributed by atoms with Crippen molar-refractivity contribution in [2.45, 2.75) is 19.3 Å². The van der Waals surface area contributed by atoms with E-state index in [-0.39, 0.29) is 0 Å². The van der Waals surface area contributed by atoms with Crippen LogP contribution in [0.2, 0.25) is 0 Å². The molecule has 0 radical (unpaired) electrons. The highest BCUT2D eigenvalue weighted by Crippen LogP contribution is 2.36. The first-order valence-electron chi connectivity index (χ1n) is 6.86. The van der Waals surface area contributed by atoms with Crippen LogP contribution in [0.25, 0.3) is 11.6 Å². The molecule has 2 heteroatoms. The number of aromatic nitrogens is 1. The Labute approximate surface area is 109 Å². The Hall–Kier alpha value is -1.41. The van der Waals surface area contributed by atoms with Crippen molar-refractivity contribution in [1.82, 2.24) is 10.3 Å². The topological polar surface area (TPSA) is 24.9 Å². The molecule has 1 aromatic heterocycles. The first-order chi connectivity index (χ1) is 8.86. The number of pyridine rings is 1. The zero-order valence-corrected chi connectivity index (χ0v) is 10.7. The van der Waals surface area contributed by atoms with Gasteiger partial charge < -0.3 is 5.32 Å². The summed E-state index contributed by atoms with van der Waals surface area (Å²) < 4.78 is 0. The fraction of sp³-hybridized carbons (Fsp3) is 0.438. The zero-order valence-electron chi connectivity index (χ0n) is 10.7. The molecule has 1 aliphatic heterocycles. The number of nitrogens with zero attached hydrogens (tertiary/aromatic N) is 1. The van der Waals surface area contributed by atoms with Crippen LogP contribution in [0.4, 0.5) is 0 Å². The van der Waals surface area contributed by atoms with Crippen LogP contribution in [0, 0.1) is 11.8 Å².